The summed E-state index contributed by atoms with van der Waals surface area (Å²) in [6.45, 7) is 1.38. The molecule has 0 spiro atoms. The third-order valence-corrected chi connectivity index (χ3v) is 0.691. The molecule has 0 atom stereocenters. The minimum absolute atomic E-state index is 0. The van der Waals surface area contributed by atoms with E-state index in [1.54, 1.807) is 0 Å². The molecule has 0 aliphatic heterocycles. The summed E-state index contributed by atoms with van der Waals surface area (Å²) in [6.07, 6.45) is 0.102. The van der Waals surface area contributed by atoms with Gasteiger partial charge in [0.1, 0.15) is 5.78 Å². The number of carbonyl (C=O) groups excluding carboxylic acids is 1. The van der Waals surface area contributed by atoms with E-state index in [1.165, 1.54) is 6.92 Å². The van der Waals surface area contributed by atoms with Crippen molar-refractivity contribution in [3.63, 3.8) is 0 Å². The van der Waals surface area contributed by atoms with E-state index in [0.717, 1.165) is 0 Å². The first-order chi connectivity index (χ1) is 3.63. The van der Waals surface area contributed by atoms with Crippen LogP contribution in [0, 0.1) is 0 Å². The Morgan fingerprint density at radius 3 is 1.89 bits per heavy atom. The summed E-state index contributed by atoms with van der Waals surface area (Å²) < 4.78 is 0. The van der Waals surface area contributed by atoms with Crippen LogP contribution < -0.4 is 0 Å². The second-order valence-corrected chi connectivity index (χ2v) is 1.60. The van der Waals surface area contributed by atoms with E-state index in [4.69, 9.17) is 5.11 Å². The molecule has 4 heteroatoms. The van der Waals surface area contributed by atoms with Gasteiger partial charge in [-0.25, -0.2) is 0 Å². The molecule has 0 radical (unpaired) electrons. The van der Waals surface area contributed by atoms with Gasteiger partial charge in [0.05, 0.1) is 6.42 Å². The number of Topliss-reactive ketones (excluding diaryl/α,β-unsaturated/α-hetero) is 1. The number of rotatable bonds is 3. The van der Waals surface area contributed by atoms with Crippen molar-refractivity contribution in [3.8, 4) is 0 Å². The molecule has 0 rings (SSSR count). The molecule has 0 bridgehead atoms. The van der Waals surface area contributed by atoms with Gasteiger partial charge in [-0.15, -0.1) is 0 Å². The van der Waals surface area contributed by atoms with Gasteiger partial charge in [0, 0.05) is 6.42 Å². The standard InChI is InChI=1S/C5H8O3.Sr.2H/c1-4(6)2-3-5(7)8;;;/h2-3H2,1H3,(H,7,8);;;. The molecule has 50 valence electrons. The van der Waals surface area contributed by atoms with Crippen LogP contribution in [0.2, 0.25) is 0 Å². The number of carboxylic acids is 1. The van der Waals surface area contributed by atoms with Crippen LogP contribution in [0.5, 0.6) is 0 Å². The van der Waals surface area contributed by atoms with Crippen LogP contribution in [-0.4, -0.2) is 62.3 Å². The van der Waals surface area contributed by atoms with Crippen LogP contribution >= 0.6 is 0 Å². The minimum atomic E-state index is -0.916. The second kappa shape index (κ2) is 6.74. The fraction of sp³-hybridized carbons (Fsp3) is 0.600. The Morgan fingerprint density at radius 2 is 1.78 bits per heavy atom. The molecule has 9 heavy (non-hydrogen) atoms. The Hall–Kier alpha value is 0.621. The van der Waals surface area contributed by atoms with E-state index < -0.39 is 5.97 Å². The quantitative estimate of drug-likeness (QED) is 0.634. The fourth-order valence-electron chi connectivity index (χ4n) is 0.283. The molecule has 0 heterocycles. The average molecular weight is 206 g/mol. The van der Waals surface area contributed by atoms with Crippen LogP contribution in [0.4, 0.5) is 0 Å². The van der Waals surface area contributed by atoms with Crippen molar-refractivity contribution >= 4 is 57.2 Å². The number of carbonyl (C=O) groups is 2. The molecule has 0 fully saturated rings. The van der Waals surface area contributed by atoms with Crippen molar-refractivity contribution < 1.29 is 14.7 Å². The molecule has 3 nitrogen and oxygen atoms in total. The van der Waals surface area contributed by atoms with Gasteiger partial charge in [-0.05, 0) is 6.92 Å². The van der Waals surface area contributed by atoms with Crippen molar-refractivity contribution in [1.29, 1.82) is 0 Å². The second-order valence-electron chi connectivity index (χ2n) is 1.60. The molecule has 0 aromatic heterocycles. The number of ketones is 1. The van der Waals surface area contributed by atoms with Crippen molar-refractivity contribution in [3.05, 3.63) is 0 Å². The molecule has 0 unspecified atom stereocenters. The maximum atomic E-state index is 10.1. The first-order valence-corrected chi connectivity index (χ1v) is 2.34. The summed E-state index contributed by atoms with van der Waals surface area (Å²) in [4.78, 5) is 19.8. The summed E-state index contributed by atoms with van der Waals surface area (Å²) in [5.74, 6) is -0.993. The Kier molecular flexibility index (Phi) is 9.21. The normalized spacial score (nSPS) is 7.67. The van der Waals surface area contributed by atoms with Gasteiger partial charge in [0.15, 0.2) is 0 Å². The molecule has 0 saturated heterocycles. The van der Waals surface area contributed by atoms with E-state index in [2.05, 4.69) is 0 Å². The van der Waals surface area contributed by atoms with Gasteiger partial charge < -0.3 is 9.90 Å². The van der Waals surface area contributed by atoms with Crippen molar-refractivity contribution in [2.75, 3.05) is 0 Å². The number of hydrogen-bond donors (Lipinski definition) is 1. The predicted molar refractivity (Wildman–Crippen MR) is 36.1 cm³/mol. The molecule has 0 amide bonds. The van der Waals surface area contributed by atoms with Crippen molar-refractivity contribution in [2.45, 2.75) is 19.8 Å². The monoisotopic (exact) mass is 206 g/mol. The molecule has 0 aliphatic rings. The topological polar surface area (TPSA) is 54.4 Å². The fourth-order valence-corrected chi connectivity index (χ4v) is 0.283. The van der Waals surface area contributed by atoms with Crippen molar-refractivity contribution in [2.24, 2.45) is 0 Å². The van der Waals surface area contributed by atoms with Gasteiger partial charge in [-0.3, -0.25) is 4.79 Å². The first-order valence-electron chi connectivity index (χ1n) is 2.34. The first kappa shape index (κ1) is 12.3. The summed E-state index contributed by atoms with van der Waals surface area (Å²) in [5.41, 5.74) is 0. The Bertz CT molecular complexity index is 96.8. The van der Waals surface area contributed by atoms with Crippen LogP contribution in [0.3, 0.4) is 0 Å². The zero-order valence-electron chi connectivity index (χ0n) is 4.68. The van der Waals surface area contributed by atoms with Crippen LogP contribution in [0.1, 0.15) is 19.8 Å². The third-order valence-electron chi connectivity index (χ3n) is 0.691. The summed E-state index contributed by atoms with van der Waals surface area (Å²) in [7, 11) is 0. The van der Waals surface area contributed by atoms with E-state index >= 15 is 0 Å². The van der Waals surface area contributed by atoms with Gasteiger partial charge in [0.25, 0.3) is 0 Å². The molecule has 0 aromatic rings. The van der Waals surface area contributed by atoms with Crippen LogP contribution in [0.15, 0.2) is 0 Å². The van der Waals surface area contributed by atoms with Crippen molar-refractivity contribution in [1.82, 2.24) is 0 Å². The number of aliphatic carboxylic acids is 1. The average Bonchev–Trinajstić information content (AvgIpc) is 1.61. The van der Waals surface area contributed by atoms with E-state index in [9.17, 15) is 9.59 Å². The summed E-state index contributed by atoms with van der Waals surface area (Å²) >= 11 is 0. The van der Waals surface area contributed by atoms with Gasteiger partial charge in [0.2, 0.25) is 0 Å². The molecular formula is C5H10O3Sr. The zero-order chi connectivity index (χ0) is 6.57. The Morgan fingerprint density at radius 1 is 1.33 bits per heavy atom. The zero-order valence-corrected chi connectivity index (χ0v) is 4.68. The van der Waals surface area contributed by atoms with Crippen LogP contribution in [0.25, 0.3) is 0 Å². The SMILES string of the molecule is CC(=O)CCC(=O)O.[SrH2]. The summed E-state index contributed by atoms with van der Waals surface area (Å²) in [6, 6.07) is 0. The summed E-state index contributed by atoms with van der Waals surface area (Å²) in [5, 5.41) is 8.01. The molecule has 0 aromatic carbocycles. The van der Waals surface area contributed by atoms with Gasteiger partial charge >= 0.3 is 51.5 Å². The predicted octanol–water partition coefficient (Wildman–Crippen LogP) is -0.476. The molecule has 0 saturated carbocycles. The van der Waals surface area contributed by atoms with E-state index in [0.29, 0.717) is 0 Å². The van der Waals surface area contributed by atoms with E-state index in [-0.39, 0.29) is 64.1 Å². The Labute approximate surface area is 90.7 Å². The number of carboxylic acid groups (broad SMARTS) is 1. The maximum absolute atomic E-state index is 10.1. The molecule has 0 aliphatic carbocycles. The van der Waals surface area contributed by atoms with Gasteiger partial charge in [-0.1, -0.05) is 0 Å². The molecule has 1 N–H and O–H groups in total. The van der Waals surface area contributed by atoms with Crippen LogP contribution in [-0.2, 0) is 9.59 Å². The van der Waals surface area contributed by atoms with Gasteiger partial charge in [-0.2, -0.15) is 0 Å². The number of hydrogen-bond acceptors (Lipinski definition) is 2. The Balaban J connectivity index is 0. The van der Waals surface area contributed by atoms with E-state index in [1.807, 2.05) is 0 Å². The molecular weight excluding hydrogens is 196 g/mol. The third kappa shape index (κ3) is 12.0.